The number of ether oxygens (including phenoxy) is 1. The van der Waals surface area contributed by atoms with Crippen molar-refractivity contribution in [1.29, 1.82) is 0 Å². The third kappa shape index (κ3) is 2.58. The van der Waals surface area contributed by atoms with E-state index in [9.17, 15) is 0 Å². The van der Waals surface area contributed by atoms with E-state index in [2.05, 4.69) is 32.7 Å². The highest BCUT2D eigenvalue weighted by Gasteiger charge is 2.38. The molecule has 0 unspecified atom stereocenters. The van der Waals surface area contributed by atoms with Gasteiger partial charge in [-0.25, -0.2) is 4.98 Å². The van der Waals surface area contributed by atoms with E-state index in [1.807, 2.05) is 12.4 Å². The van der Waals surface area contributed by atoms with Gasteiger partial charge in [0.2, 0.25) is 0 Å². The van der Waals surface area contributed by atoms with E-state index >= 15 is 0 Å². The molecular formula is C17H23N3O. The maximum Gasteiger partial charge on any atom is 0.0958 e. The molecule has 0 radical (unpaired) electrons. The van der Waals surface area contributed by atoms with Gasteiger partial charge in [0.1, 0.15) is 0 Å². The lowest BCUT2D eigenvalue weighted by Gasteiger charge is -2.40. The lowest BCUT2D eigenvalue weighted by Crippen LogP contribution is -2.50. The third-order valence-electron chi connectivity index (χ3n) is 5.03. The Hall–Kier alpha value is -1.39. The Morgan fingerprint density at radius 2 is 2.00 bits per heavy atom. The normalized spacial score (nSPS) is 22.3. The van der Waals surface area contributed by atoms with Crippen LogP contribution in [0.1, 0.15) is 25.7 Å². The van der Waals surface area contributed by atoms with E-state index in [-0.39, 0.29) is 5.60 Å². The molecule has 4 heteroatoms. The van der Waals surface area contributed by atoms with Crippen LogP contribution in [0.15, 0.2) is 30.6 Å². The zero-order valence-corrected chi connectivity index (χ0v) is 12.5. The average molecular weight is 285 g/mol. The molecule has 4 nitrogen and oxygen atoms in total. The maximum absolute atomic E-state index is 6.10. The number of imidazole rings is 1. The molecule has 2 heterocycles. The number of aromatic nitrogens is 2. The van der Waals surface area contributed by atoms with Crippen molar-refractivity contribution in [2.24, 2.45) is 0 Å². The van der Waals surface area contributed by atoms with Crippen LogP contribution in [0.25, 0.3) is 11.0 Å². The molecule has 1 aliphatic heterocycles. The summed E-state index contributed by atoms with van der Waals surface area (Å²) < 4.78 is 8.37. The van der Waals surface area contributed by atoms with Gasteiger partial charge in [-0.3, -0.25) is 4.90 Å². The Morgan fingerprint density at radius 3 is 2.90 bits per heavy atom. The summed E-state index contributed by atoms with van der Waals surface area (Å²) in [5.41, 5.74) is 2.50. The second kappa shape index (κ2) is 5.43. The van der Waals surface area contributed by atoms with Crippen LogP contribution in [0.2, 0.25) is 0 Å². The summed E-state index contributed by atoms with van der Waals surface area (Å²) in [5, 5.41) is 0. The first-order valence-electron chi connectivity index (χ1n) is 8.11. The van der Waals surface area contributed by atoms with E-state index in [0.29, 0.717) is 0 Å². The van der Waals surface area contributed by atoms with Crippen molar-refractivity contribution in [3.05, 3.63) is 30.6 Å². The number of hydrogen-bond acceptors (Lipinski definition) is 3. The van der Waals surface area contributed by atoms with Crippen LogP contribution in [0, 0.1) is 0 Å². The minimum Gasteiger partial charge on any atom is -0.372 e. The molecule has 0 amide bonds. The predicted molar refractivity (Wildman–Crippen MR) is 83.3 cm³/mol. The molecule has 112 valence electrons. The molecule has 1 aromatic carbocycles. The van der Waals surface area contributed by atoms with Crippen LogP contribution in [0.5, 0.6) is 0 Å². The Bertz CT molecular complexity index is 615. The van der Waals surface area contributed by atoms with Crippen LogP contribution in [0.3, 0.4) is 0 Å². The van der Waals surface area contributed by atoms with Gasteiger partial charge < -0.3 is 9.30 Å². The fourth-order valence-corrected chi connectivity index (χ4v) is 3.87. The average Bonchev–Trinajstić information content (AvgIpc) is 3.13. The fourth-order valence-electron chi connectivity index (χ4n) is 3.87. The van der Waals surface area contributed by atoms with E-state index in [1.54, 1.807) is 0 Å². The van der Waals surface area contributed by atoms with Gasteiger partial charge in [-0.2, -0.15) is 0 Å². The molecule has 1 spiro atoms. The van der Waals surface area contributed by atoms with Gasteiger partial charge in [0.05, 0.1) is 29.6 Å². The van der Waals surface area contributed by atoms with Gasteiger partial charge in [-0.1, -0.05) is 25.0 Å². The largest absolute Gasteiger partial charge is 0.372 e. The molecule has 0 atom stereocenters. The summed E-state index contributed by atoms with van der Waals surface area (Å²) in [4.78, 5) is 7.05. The molecule has 0 N–H and O–H groups in total. The number of rotatable bonds is 3. The number of hydrogen-bond donors (Lipinski definition) is 0. The highest BCUT2D eigenvalue weighted by molar-refractivity contribution is 5.74. The Balaban J connectivity index is 1.42. The molecule has 1 saturated carbocycles. The maximum atomic E-state index is 6.10. The number of para-hydroxylation sites is 2. The number of morpholine rings is 1. The number of nitrogens with zero attached hydrogens (tertiary/aromatic N) is 3. The van der Waals surface area contributed by atoms with Crippen LogP contribution in [0.4, 0.5) is 0 Å². The zero-order chi connectivity index (χ0) is 14.1. The Morgan fingerprint density at radius 1 is 1.14 bits per heavy atom. The van der Waals surface area contributed by atoms with Crippen molar-refractivity contribution in [3.63, 3.8) is 0 Å². The van der Waals surface area contributed by atoms with Crippen molar-refractivity contribution >= 4 is 11.0 Å². The first-order chi connectivity index (χ1) is 10.3. The van der Waals surface area contributed by atoms with Gasteiger partial charge in [0.15, 0.2) is 0 Å². The quantitative estimate of drug-likeness (QED) is 0.868. The number of fused-ring (bicyclic) bond motifs is 1. The fraction of sp³-hybridized carbons (Fsp3) is 0.588. The molecular weight excluding hydrogens is 262 g/mol. The lowest BCUT2D eigenvalue weighted by molar-refractivity contribution is -0.105. The predicted octanol–water partition coefficient (Wildman–Crippen LogP) is 2.68. The smallest absolute Gasteiger partial charge is 0.0958 e. The summed E-state index contributed by atoms with van der Waals surface area (Å²) in [6.07, 6.45) is 7.13. The summed E-state index contributed by atoms with van der Waals surface area (Å²) in [6.45, 7) is 5.17. The van der Waals surface area contributed by atoms with Crippen LogP contribution in [-0.2, 0) is 11.3 Å². The summed E-state index contributed by atoms with van der Waals surface area (Å²) in [6, 6.07) is 8.36. The van der Waals surface area contributed by atoms with Crippen molar-refractivity contribution < 1.29 is 4.74 Å². The second-order valence-corrected chi connectivity index (χ2v) is 6.44. The topological polar surface area (TPSA) is 30.3 Å². The third-order valence-corrected chi connectivity index (χ3v) is 5.03. The standard InChI is InChI=1S/C17H23N3O/c1-2-6-16-15(5-1)18-14-20(16)10-9-19-11-12-21-17(13-19)7-3-4-8-17/h1-2,5-6,14H,3-4,7-13H2. The minimum absolute atomic E-state index is 0.176. The minimum atomic E-state index is 0.176. The van der Waals surface area contributed by atoms with Gasteiger partial charge >= 0.3 is 0 Å². The second-order valence-electron chi connectivity index (χ2n) is 6.44. The van der Waals surface area contributed by atoms with E-state index in [4.69, 9.17) is 4.74 Å². The SMILES string of the molecule is c1ccc2c(c1)ncn2CCN1CCOC2(CCCC2)C1. The van der Waals surface area contributed by atoms with Gasteiger partial charge in [0, 0.05) is 26.2 Å². The Kier molecular flexibility index (Phi) is 3.43. The molecule has 2 aromatic rings. The van der Waals surface area contributed by atoms with Crippen molar-refractivity contribution in [2.75, 3.05) is 26.2 Å². The molecule has 1 aromatic heterocycles. The van der Waals surface area contributed by atoms with E-state index < -0.39 is 0 Å². The van der Waals surface area contributed by atoms with Crippen LogP contribution in [-0.4, -0.2) is 46.3 Å². The van der Waals surface area contributed by atoms with Gasteiger partial charge in [0.25, 0.3) is 0 Å². The zero-order valence-electron chi connectivity index (χ0n) is 12.5. The van der Waals surface area contributed by atoms with Crippen LogP contribution >= 0.6 is 0 Å². The molecule has 1 aliphatic carbocycles. The molecule has 2 fully saturated rings. The molecule has 21 heavy (non-hydrogen) atoms. The molecule has 0 bridgehead atoms. The highest BCUT2D eigenvalue weighted by Crippen LogP contribution is 2.35. The van der Waals surface area contributed by atoms with Crippen molar-refractivity contribution in [1.82, 2.24) is 14.5 Å². The molecule has 1 saturated heterocycles. The van der Waals surface area contributed by atoms with E-state index in [1.165, 1.54) is 31.2 Å². The lowest BCUT2D eigenvalue weighted by atomic mass is 10.00. The summed E-state index contributed by atoms with van der Waals surface area (Å²) in [5.74, 6) is 0. The molecule has 4 rings (SSSR count). The highest BCUT2D eigenvalue weighted by atomic mass is 16.5. The van der Waals surface area contributed by atoms with Gasteiger partial charge in [-0.05, 0) is 25.0 Å². The first-order valence-corrected chi connectivity index (χ1v) is 8.11. The summed E-state index contributed by atoms with van der Waals surface area (Å²) in [7, 11) is 0. The Labute approximate surface area is 125 Å². The van der Waals surface area contributed by atoms with Crippen LogP contribution < -0.4 is 0 Å². The molecule has 2 aliphatic rings. The first kappa shape index (κ1) is 13.3. The number of benzene rings is 1. The van der Waals surface area contributed by atoms with Crippen molar-refractivity contribution in [2.45, 2.75) is 37.8 Å². The van der Waals surface area contributed by atoms with Gasteiger partial charge in [-0.15, -0.1) is 0 Å². The monoisotopic (exact) mass is 285 g/mol. The summed E-state index contributed by atoms with van der Waals surface area (Å²) >= 11 is 0. The van der Waals surface area contributed by atoms with E-state index in [0.717, 1.165) is 38.3 Å². The van der Waals surface area contributed by atoms with Crippen molar-refractivity contribution in [3.8, 4) is 0 Å².